The third-order valence-electron chi connectivity index (χ3n) is 2.56. The first-order chi connectivity index (χ1) is 6.82. The van der Waals surface area contributed by atoms with Gasteiger partial charge in [0.15, 0.2) is 9.84 Å². The predicted octanol–water partition coefficient (Wildman–Crippen LogP) is -0.403. The van der Waals surface area contributed by atoms with Crippen molar-refractivity contribution < 1.29 is 28.2 Å². The zero-order valence-corrected chi connectivity index (χ0v) is 8.74. The van der Waals surface area contributed by atoms with Crippen molar-refractivity contribution in [2.45, 2.75) is 12.8 Å². The zero-order valence-electron chi connectivity index (χ0n) is 7.92. The summed E-state index contributed by atoms with van der Waals surface area (Å²) in [5.41, 5.74) is 0. The fraction of sp³-hybridized carbons (Fsp3) is 0.750. The normalized spacial score (nSPS) is 29.6. The highest BCUT2D eigenvalue weighted by Crippen LogP contribution is 2.28. The van der Waals surface area contributed by atoms with E-state index in [4.69, 9.17) is 10.2 Å². The SMILES string of the molecule is O=C(O)C[C@H]1CCS(=O)(=O)C[C@H]1C(=O)O. The highest BCUT2D eigenvalue weighted by atomic mass is 32.2. The summed E-state index contributed by atoms with van der Waals surface area (Å²) in [4.78, 5) is 21.2. The summed E-state index contributed by atoms with van der Waals surface area (Å²) in [6, 6.07) is 0. The second-order valence-corrected chi connectivity index (χ2v) is 5.93. The number of hydrogen-bond donors (Lipinski definition) is 2. The van der Waals surface area contributed by atoms with Crippen LogP contribution in [0.3, 0.4) is 0 Å². The molecule has 0 aliphatic carbocycles. The summed E-state index contributed by atoms with van der Waals surface area (Å²) in [5, 5.41) is 17.3. The van der Waals surface area contributed by atoms with Gasteiger partial charge in [-0.25, -0.2) is 8.42 Å². The van der Waals surface area contributed by atoms with Crippen LogP contribution in [0, 0.1) is 11.8 Å². The van der Waals surface area contributed by atoms with Gasteiger partial charge in [0.2, 0.25) is 0 Å². The lowest BCUT2D eigenvalue weighted by atomic mass is 9.88. The molecule has 6 nitrogen and oxygen atoms in total. The number of carboxylic acids is 2. The van der Waals surface area contributed by atoms with Crippen LogP contribution in [0.2, 0.25) is 0 Å². The Morgan fingerprint density at radius 2 is 1.87 bits per heavy atom. The van der Waals surface area contributed by atoms with Gasteiger partial charge in [0, 0.05) is 6.42 Å². The molecule has 86 valence electrons. The highest BCUT2D eigenvalue weighted by Gasteiger charge is 2.38. The van der Waals surface area contributed by atoms with Crippen LogP contribution < -0.4 is 0 Å². The van der Waals surface area contributed by atoms with E-state index in [1.165, 1.54) is 0 Å². The van der Waals surface area contributed by atoms with Gasteiger partial charge in [-0.05, 0) is 12.3 Å². The molecule has 1 heterocycles. The minimum absolute atomic E-state index is 0.116. The molecule has 1 rings (SSSR count). The van der Waals surface area contributed by atoms with E-state index >= 15 is 0 Å². The van der Waals surface area contributed by atoms with Crippen molar-refractivity contribution in [3.63, 3.8) is 0 Å². The summed E-state index contributed by atoms with van der Waals surface area (Å²) >= 11 is 0. The summed E-state index contributed by atoms with van der Waals surface area (Å²) in [6.07, 6.45) is -0.169. The molecule has 0 amide bonds. The maximum atomic E-state index is 11.2. The van der Waals surface area contributed by atoms with Gasteiger partial charge in [-0.2, -0.15) is 0 Å². The third-order valence-corrected chi connectivity index (χ3v) is 4.28. The Labute approximate surface area is 86.8 Å². The predicted molar refractivity (Wildman–Crippen MR) is 50.1 cm³/mol. The minimum Gasteiger partial charge on any atom is -0.481 e. The Balaban J connectivity index is 2.81. The Bertz CT molecular complexity index is 371. The van der Waals surface area contributed by atoms with Crippen molar-refractivity contribution >= 4 is 21.8 Å². The first kappa shape index (κ1) is 12.0. The maximum absolute atomic E-state index is 11.2. The summed E-state index contributed by atoms with van der Waals surface area (Å²) in [5.74, 6) is -4.55. The van der Waals surface area contributed by atoms with E-state index in [-0.39, 0.29) is 18.6 Å². The first-order valence-electron chi connectivity index (χ1n) is 4.47. The van der Waals surface area contributed by atoms with Crippen LogP contribution in [-0.4, -0.2) is 42.1 Å². The van der Waals surface area contributed by atoms with E-state index in [2.05, 4.69) is 0 Å². The largest absolute Gasteiger partial charge is 0.481 e. The van der Waals surface area contributed by atoms with Gasteiger partial charge in [-0.15, -0.1) is 0 Å². The molecule has 7 heteroatoms. The fourth-order valence-corrected chi connectivity index (χ4v) is 3.56. The maximum Gasteiger partial charge on any atom is 0.307 e. The van der Waals surface area contributed by atoms with E-state index in [1.54, 1.807) is 0 Å². The van der Waals surface area contributed by atoms with E-state index in [0.29, 0.717) is 0 Å². The lowest BCUT2D eigenvalue weighted by Crippen LogP contribution is -2.38. The Kier molecular flexibility index (Phi) is 3.33. The average Bonchev–Trinajstić information content (AvgIpc) is 2.07. The fourth-order valence-electron chi connectivity index (χ4n) is 1.77. The number of carbonyl (C=O) groups is 2. The quantitative estimate of drug-likeness (QED) is 0.690. The third kappa shape index (κ3) is 3.19. The smallest absolute Gasteiger partial charge is 0.307 e. The van der Waals surface area contributed by atoms with Gasteiger partial charge in [-0.1, -0.05) is 0 Å². The Morgan fingerprint density at radius 3 is 2.33 bits per heavy atom. The van der Waals surface area contributed by atoms with E-state index in [9.17, 15) is 18.0 Å². The molecule has 1 aliphatic rings. The second kappa shape index (κ2) is 4.18. The molecule has 0 radical (unpaired) electrons. The number of aliphatic carboxylic acids is 2. The molecule has 0 aromatic heterocycles. The standard InChI is InChI=1S/C8H12O6S/c9-7(10)3-5-1-2-15(13,14)4-6(5)8(11)12/h5-6H,1-4H2,(H,9,10)(H,11,12)/t5-,6-/m1/s1. The van der Waals surface area contributed by atoms with Crippen LogP contribution in [0.25, 0.3) is 0 Å². The number of sulfone groups is 1. The molecule has 1 saturated heterocycles. The molecule has 1 aliphatic heterocycles. The molecule has 0 unspecified atom stereocenters. The average molecular weight is 236 g/mol. The molecule has 0 spiro atoms. The van der Waals surface area contributed by atoms with Crippen LogP contribution in [-0.2, 0) is 19.4 Å². The molecule has 15 heavy (non-hydrogen) atoms. The van der Waals surface area contributed by atoms with Gasteiger partial charge in [0.05, 0.1) is 17.4 Å². The Hall–Kier alpha value is -1.11. The van der Waals surface area contributed by atoms with Gasteiger partial charge in [-0.3, -0.25) is 9.59 Å². The lowest BCUT2D eigenvalue weighted by Gasteiger charge is -2.26. The molecule has 0 aromatic carbocycles. The van der Waals surface area contributed by atoms with Gasteiger partial charge >= 0.3 is 11.9 Å². The number of rotatable bonds is 3. The molecule has 2 atom stereocenters. The van der Waals surface area contributed by atoms with Crippen LogP contribution in [0.4, 0.5) is 0 Å². The summed E-state index contributed by atoms with van der Waals surface area (Å²) < 4.78 is 22.4. The molecular formula is C8H12O6S. The van der Waals surface area contributed by atoms with E-state index in [1.807, 2.05) is 0 Å². The van der Waals surface area contributed by atoms with Crippen molar-refractivity contribution in [2.75, 3.05) is 11.5 Å². The van der Waals surface area contributed by atoms with E-state index < -0.39 is 39.4 Å². The van der Waals surface area contributed by atoms with Crippen molar-refractivity contribution in [1.29, 1.82) is 0 Å². The second-order valence-electron chi connectivity index (χ2n) is 3.71. The minimum atomic E-state index is -3.32. The summed E-state index contributed by atoms with van der Waals surface area (Å²) in [7, 11) is -3.32. The number of hydrogen-bond acceptors (Lipinski definition) is 4. The first-order valence-corrected chi connectivity index (χ1v) is 6.29. The van der Waals surface area contributed by atoms with Crippen molar-refractivity contribution in [1.82, 2.24) is 0 Å². The molecule has 0 aromatic rings. The molecule has 1 fully saturated rings. The van der Waals surface area contributed by atoms with Crippen LogP contribution in [0.5, 0.6) is 0 Å². The van der Waals surface area contributed by atoms with Gasteiger partial charge in [0.25, 0.3) is 0 Å². The van der Waals surface area contributed by atoms with Crippen molar-refractivity contribution in [3.05, 3.63) is 0 Å². The van der Waals surface area contributed by atoms with Crippen LogP contribution in [0.15, 0.2) is 0 Å². The number of carboxylic acid groups (broad SMARTS) is 2. The van der Waals surface area contributed by atoms with Crippen molar-refractivity contribution in [3.8, 4) is 0 Å². The topological polar surface area (TPSA) is 109 Å². The zero-order chi connectivity index (χ0) is 11.6. The summed E-state index contributed by atoms with van der Waals surface area (Å²) in [6.45, 7) is 0. The highest BCUT2D eigenvalue weighted by molar-refractivity contribution is 7.91. The van der Waals surface area contributed by atoms with Crippen molar-refractivity contribution in [2.24, 2.45) is 11.8 Å². The Morgan fingerprint density at radius 1 is 1.27 bits per heavy atom. The van der Waals surface area contributed by atoms with Crippen LogP contribution >= 0.6 is 0 Å². The molecule has 0 saturated carbocycles. The molecule has 0 bridgehead atoms. The molecular weight excluding hydrogens is 224 g/mol. The van der Waals surface area contributed by atoms with Crippen LogP contribution in [0.1, 0.15) is 12.8 Å². The monoisotopic (exact) mass is 236 g/mol. The van der Waals surface area contributed by atoms with E-state index in [0.717, 1.165) is 0 Å². The van der Waals surface area contributed by atoms with Gasteiger partial charge in [0.1, 0.15) is 0 Å². The lowest BCUT2D eigenvalue weighted by molar-refractivity contribution is -0.144. The van der Waals surface area contributed by atoms with Gasteiger partial charge < -0.3 is 10.2 Å². The molecule has 2 N–H and O–H groups in total.